The lowest BCUT2D eigenvalue weighted by molar-refractivity contribution is 0.0174. The van der Waals surface area contributed by atoms with Crippen LogP contribution in [0.5, 0.6) is 0 Å². The molecule has 6 heteroatoms. The highest BCUT2D eigenvalue weighted by atomic mass is 16.6. The second-order valence-corrected chi connectivity index (χ2v) is 7.86. The van der Waals surface area contributed by atoms with Gasteiger partial charge >= 0.3 is 12.2 Å². The van der Waals surface area contributed by atoms with Gasteiger partial charge in [0.2, 0.25) is 0 Å². The van der Waals surface area contributed by atoms with Crippen LogP contribution in [0.25, 0.3) is 0 Å². The summed E-state index contributed by atoms with van der Waals surface area (Å²) in [5, 5.41) is 2.92. The number of piperidine rings is 1. The highest BCUT2D eigenvalue weighted by Gasteiger charge is 2.50. The number of amides is 2. The number of fused-ring (bicyclic) bond motifs is 1. The van der Waals surface area contributed by atoms with Crippen LogP contribution in [0.3, 0.4) is 0 Å². The minimum absolute atomic E-state index is 0.0745. The quantitative estimate of drug-likeness (QED) is 0.913. The van der Waals surface area contributed by atoms with Gasteiger partial charge in [-0.2, -0.15) is 0 Å². The number of nitrogens with zero attached hydrogens (tertiary/aromatic N) is 1. The van der Waals surface area contributed by atoms with Crippen LogP contribution >= 0.6 is 0 Å². The summed E-state index contributed by atoms with van der Waals surface area (Å²) in [5.41, 5.74) is 0.427. The topological polar surface area (TPSA) is 67.9 Å². The van der Waals surface area contributed by atoms with Crippen LogP contribution in [-0.2, 0) is 16.1 Å². The summed E-state index contributed by atoms with van der Waals surface area (Å²) in [6.07, 6.45) is 0.274. The molecular weight excluding hydrogens is 320 g/mol. The number of ether oxygens (including phenoxy) is 2. The zero-order valence-corrected chi connectivity index (χ0v) is 15.0. The van der Waals surface area contributed by atoms with Gasteiger partial charge in [0.05, 0.1) is 6.04 Å². The van der Waals surface area contributed by atoms with Crippen molar-refractivity contribution in [2.75, 3.05) is 13.1 Å². The Hall–Kier alpha value is -2.24. The lowest BCUT2D eigenvalue weighted by atomic mass is 10.1. The van der Waals surface area contributed by atoms with Crippen LogP contribution in [0, 0.1) is 11.8 Å². The van der Waals surface area contributed by atoms with Gasteiger partial charge in [0.1, 0.15) is 12.2 Å². The van der Waals surface area contributed by atoms with Crippen molar-refractivity contribution in [2.24, 2.45) is 11.8 Å². The second kappa shape index (κ2) is 6.94. The van der Waals surface area contributed by atoms with E-state index in [1.54, 1.807) is 4.90 Å². The summed E-state index contributed by atoms with van der Waals surface area (Å²) in [7, 11) is 0. The van der Waals surface area contributed by atoms with E-state index in [-0.39, 0.29) is 18.7 Å². The standard InChI is InChI=1S/C19H26N2O4/c1-19(2,3)25-18(23)21-10-14-9-15(14)16(11-21)20-17(22)24-12-13-7-5-4-6-8-13/h4-8,14-16H,9-12H2,1-3H3,(H,20,22). The van der Waals surface area contributed by atoms with Crippen LogP contribution < -0.4 is 5.32 Å². The molecule has 3 atom stereocenters. The minimum atomic E-state index is -0.519. The third-order valence-corrected chi connectivity index (χ3v) is 4.53. The van der Waals surface area contributed by atoms with Gasteiger partial charge in [-0.25, -0.2) is 9.59 Å². The van der Waals surface area contributed by atoms with Crippen molar-refractivity contribution in [3.63, 3.8) is 0 Å². The maximum absolute atomic E-state index is 12.3. The lowest BCUT2D eigenvalue weighted by Crippen LogP contribution is -2.52. The van der Waals surface area contributed by atoms with Gasteiger partial charge in [-0.05, 0) is 44.6 Å². The molecule has 0 radical (unpaired) electrons. The van der Waals surface area contributed by atoms with Gasteiger partial charge in [0.15, 0.2) is 0 Å². The molecule has 1 heterocycles. The van der Waals surface area contributed by atoms with Crippen molar-refractivity contribution in [3.8, 4) is 0 Å². The van der Waals surface area contributed by atoms with E-state index in [1.807, 2.05) is 51.1 Å². The molecule has 0 spiro atoms. The van der Waals surface area contributed by atoms with Crippen molar-refractivity contribution >= 4 is 12.2 Å². The fraction of sp³-hybridized carbons (Fsp3) is 0.579. The maximum atomic E-state index is 12.3. The predicted octanol–water partition coefficient (Wildman–Crippen LogP) is 3.17. The molecule has 1 aliphatic carbocycles. The van der Waals surface area contributed by atoms with Gasteiger partial charge in [0, 0.05) is 13.1 Å². The van der Waals surface area contributed by atoms with Crippen molar-refractivity contribution < 1.29 is 19.1 Å². The smallest absolute Gasteiger partial charge is 0.410 e. The van der Waals surface area contributed by atoms with Crippen molar-refractivity contribution in [3.05, 3.63) is 35.9 Å². The number of carbonyl (C=O) groups is 2. The molecule has 6 nitrogen and oxygen atoms in total. The molecule has 136 valence electrons. The first kappa shape index (κ1) is 17.6. The summed E-state index contributed by atoms with van der Waals surface area (Å²) in [5.74, 6) is 0.878. The molecular formula is C19H26N2O4. The Bertz CT molecular complexity index is 626. The molecule has 2 amide bonds. The molecule has 2 aliphatic rings. The molecule has 2 fully saturated rings. The summed E-state index contributed by atoms with van der Waals surface area (Å²) in [4.78, 5) is 26.1. The van der Waals surface area contributed by atoms with Gasteiger partial charge in [0.25, 0.3) is 0 Å². The van der Waals surface area contributed by atoms with Gasteiger partial charge in [-0.3, -0.25) is 0 Å². The van der Waals surface area contributed by atoms with Crippen LogP contribution in [0.15, 0.2) is 30.3 Å². The molecule has 1 aliphatic heterocycles. The molecule has 0 aromatic heterocycles. The predicted molar refractivity (Wildman–Crippen MR) is 93.0 cm³/mol. The van der Waals surface area contributed by atoms with Gasteiger partial charge in [-0.1, -0.05) is 30.3 Å². The molecule has 1 aromatic carbocycles. The Kier molecular flexibility index (Phi) is 4.88. The molecule has 1 saturated carbocycles. The molecule has 3 unspecified atom stereocenters. The highest BCUT2D eigenvalue weighted by molar-refractivity contribution is 5.70. The Morgan fingerprint density at radius 2 is 1.92 bits per heavy atom. The Balaban J connectivity index is 1.50. The first-order chi connectivity index (χ1) is 11.8. The zero-order valence-electron chi connectivity index (χ0n) is 15.0. The maximum Gasteiger partial charge on any atom is 0.410 e. The van der Waals surface area contributed by atoms with Crippen molar-refractivity contribution in [1.29, 1.82) is 0 Å². The number of carbonyl (C=O) groups excluding carboxylic acids is 2. The Morgan fingerprint density at radius 3 is 2.60 bits per heavy atom. The highest BCUT2D eigenvalue weighted by Crippen LogP contribution is 2.45. The number of rotatable bonds is 3. The Labute approximate surface area is 148 Å². The van der Waals surface area contributed by atoms with Crippen LogP contribution in [0.1, 0.15) is 32.8 Å². The van der Waals surface area contributed by atoms with Gasteiger partial charge in [-0.15, -0.1) is 0 Å². The summed E-state index contributed by atoms with van der Waals surface area (Å²) < 4.78 is 10.7. The normalized spacial score (nSPS) is 24.9. The molecule has 1 N–H and O–H groups in total. The third kappa shape index (κ3) is 4.87. The zero-order chi connectivity index (χ0) is 18.0. The molecule has 0 bridgehead atoms. The molecule has 25 heavy (non-hydrogen) atoms. The summed E-state index contributed by atoms with van der Waals surface area (Å²) >= 11 is 0. The average molecular weight is 346 g/mol. The minimum Gasteiger partial charge on any atom is -0.445 e. The van der Waals surface area contributed by atoms with E-state index in [2.05, 4.69) is 5.32 Å². The van der Waals surface area contributed by atoms with E-state index in [9.17, 15) is 9.59 Å². The average Bonchev–Trinajstić information content (AvgIpc) is 3.32. The van der Waals surface area contributed by atoms with Crippen LogP contribution in [-0.4, -0.2) is 41.8 Å². The molecule has 3 rings (SSSR count). The number of alkyl carbamates (subject to hydrolysis) is 1. The van der Waals surface area contributed by atoms with Crippen LogP contribution in [0.2, 0.25) is 0 Å². The monoisotopic (exact) mass is 346 g/mol. The van der Waals surface area contributed by atoms with Gasteiger partial charge < -0.3 is 19.7 Å². The van der Waals surface area contributed by atoms with E-state index < -0.39 is 11.7 Å². The van der Waals surface area contributed by atoms with Crippen LogP contribution in [0.4, 0.5) is 9.59 Å². The second-order valence-electron chi connectivity index (χ2n) is 7.86. The van der Waals surface area contributed by atoms with Crippen molar-refractivity contribution in [2.45, 2.75) is 45.4 Å². The van der Waals surface area contributed by atoms with E-state index in [1.165, 1.54) is 0 Å². The first-order valence-electron chi connectivity index (χ1n) is 8.77. The SMILES string of the molecule is CC(C)(C)OC(=O)N1CC2CC2C(NC(=O)OCc2ccccc2)C1. The lowest BCUT2D eigenvalue weighted by Gasteiger charge is -2.33. The third-order valence-electron chi connectivity index (χ3n) is 4.53. The van der Waals surface area contributed by atoms with E-state index in [0.29, 0.717) is 24.9 Å². The first-order valence-corrected chi connectivity index (χ1v) is 8.77. The number of nitrogens with one attached hydrogen (secondary N) is 1. The number of hydrogen-bond donors (Lipinski definition) is 1. The Morgan fingerprint density at radius 1 is 1.20 bits per heavy atom. The molecule has 1 aromatic rings. The fourth-order valence-corrected chi connectivity index (χ4v) is 3.25. The summed E-state index contributed by atoms with van der Waals surface area (Å²) in [6.45, 7) is 6.97. The van der Waals surface area contributed by atoms with E-state index in [0.717, 1.165) is 12.0 Å². The number of benzene rings is 1. The summed E-state index contributed by atoms with van der Waals surface area (Å²) in [6, 6.07) is 9.49. The van der Waals surface area contributed by atoms with Crippen molar-refractivity contribution in [1.82, 2.24) is 10.2 Å². The van der Waals surface area contributed by atoms with E-state index in [4.69, 9.17) is 9.47 Å². The van der Waals surface area contributed by atoms with E-state index >= 15 is 0 Å². The molecule has 1 saturated heterocycles. The fourth-order valence-electron chi connectivity index (χ4n) is 3.25. The number of hydrogen-bond acceptors (Lipinski definition) is 4. The largest absolute Gasteiger partial charge is 0.445 e. The number of likely N-dealkylation sites (tertiary alicyclic amines) is 1.